The third-order valence-electron chi connectivity index (χ3n) is 4.34. The van der Waals surface area contributed by atoms with Crippen molar-refractivity contribution >= 4 is 22.4 Å². The first-order valence-electron chi connectivity index (χ1n) is 7.64. The molecule has 0 aliphatic carbocycles. The summed E-state index contributed by atoms with van der Waals surface area (Å²) in [6, 6.07) is -0.0125. The largest absolute Gasteiger partial charge is 0.346 e. The van der Waals surface area contributed by atoms with Gasteiger partial charge in [0.25, 0.3) is 0 Å². The number of hydrogen-bond donors (Lipinski definition) is 1. The minimum Gasteiger partial charge on any atom is -0.346 e. The third-order valence-corrected chi connectivity index (χ3v) is 5.17. The van der Waals surface area contributed by atoms with E-state index in [1.807, 2.05) is 23.4 Å². The average Bonchev–Trinajstić information content (AvgIpc) is 3.09. The molecule has 1 amide bonds. The fourth-order valence-electron chi connectivity index (χ4n) is 2.98. The van der Waals surface area contributed by atoms with Crippen LogP contribution >= 0.6 is 11.3 Å². The molecule has 0 aromatic carbocycles. The van der Waals surface area contributed by atoms with Crippen molar-refractivity contribution in [1.82, 2.24) is 20.1 Å². The van der Waals surface area contributed by atoms with E-state index in [2.05, 4.69) is 20.1 Å². The van der Waals surface area contributed by atoms with Crippen molar-refractivity contribution in [2.75, 3.05) is 57.3 Å². The van der Waals surface area contributed by atoms with E-state index in [1.165, 1.54) is 0 Å². The van der Waals surface area contributed by atoms with E-state index in [-0.39, 0.29) is 11.9 Å². The molecule has 2 aliphatic heterocycles. The number of hydrogen-bond acceptors (Lipinski definition) is 6. The van der Waals surface area contributed by atoms with E-state index in [0.717, 1.165) is 57.5 Å². The zero-order chi connectivity index (χ0) is 14.7. The molecule has 6 nitrogen and oxygen atoms in total. The van der Waals surface area contributed by atoms with Crippen molar-refractivity contribution in [2.45, 2.75) is 13.0 Å². The van der Waals surface area contributed by atoms with Crippen LogP contribution in [0.5, 0.6) is 0 Å². The van der Waals surface area contributed by atoms with E-state index < -0.39 is 0 Å². The van der Waals surface area contributed by atoms with Gasteiger partial charge in [0.1, 0.15) is 0 Å². The van der Waals surface area contributed by atoms with Gasteiger partial charge in [0.2, 0.25) is 5.91 Å². The Morgan fingerprint density at radius 3 is 2.57 bits per heavy atom. The molecular weight excluding hydrogens is 286 g/mol. The quantitative estimate of drug-likeness (QED) is 0.857. The summed E-state index contributed by atoms with van der Waals surface area (Å²) in [6.07, 6.45) is 1.85. The molecule has 1 atom stereocenters. The number of nitrogens with one attached hydrogen (secondary N) is 1. The highest BCUT2D eigenvalue weighted by Crippen LogP contribution is 2.20. The first kappa shape index (κ1) is 14.7. The van der Waals surface area contributed by atoms with Gasteiger partial charge in [-0.15, -0.1) is 11.3 Å². The Balaban J connectivity index is 1.52. The summed E-state index contributed by atoms with van der Waals surface area (Å²) in [5.74, 6) is 0.277. The van der Waals surface area contributed by atoms with Crippen LogP contribution in [0.1, 0.15) is 6.92 Å². The first-order valence-corrected chi connectivity index (χ1v) is 8.51. The summed E-state index contributed by atoms with van der Waals surface area (Å²) < 4.78 is 0. The van der Waals surface area contributed by atoms with Gasteiger partial charge in [-0.3, -0.25) is 9.69 Å². The van der Waals surface area contributed by atoms with Crippen LogP contribution < -0.4 is 10.2 Å². The molecule has 0 saturated carbocycles. The topological polar surface area (TPSA) is 51.7 Å². The highest BCUT2D eigenvalue weighted by molar-refractivity contribution is 7.13. The highest BCUT2D eigenvalue weighted by Gasteiger charge is 2.29. The van der Waals surface area contributed by atoms with Gasteiger partial charge in [0.05, 0.1) is 6.04 Å². The fraction of sp³-hybridized carbons (Fsp3) is 0.714. The molecule has 0 radical (unpaired) electrons. The van der Waals surface area contributed by atoms with Gasteiger partial charge in [-0.1, -0.05) is 0 Å². The molecule has 2 saturated heterocycles. The lowest BCUT2D eigenvalue weighted by molar-refractivity contribution is -0.137. The molecular formula is C14H23N5OS. The van der Waals surface area contributed by atoms with E-state index in [9.17, 15) is 4.79 Å². The van der Waals surface area contributed by atoms with Crippen molar-refractivity contribution in [3.05, 3.63) is 11.6 Å². The van der Waals surface area contributed by atoms with E-state index in [4.69, 9.17) is 0 Å². The van der Waals surface area contributed by atoms with Gasteiger partial charge in [-0.25, -0.2) is 4.98 Å². The zero-order valence-electron chi connectivity index (χ0n) is 12.5. The molecule has 1 aromatic rings. The predicted molar refractivity (Wildman–Crippen MR) is 84.8 cm³/mol. The van der Waals surface area contributed by atoms with Gasteiger partial charge < -0.3 is 15.1 Å². The van der Waals surface area contributed by atoms with Gasteiger partial charge in [0, 0.05) is 63.9 Å². The smallest absolute Gasteiger partial charge is 0.239 e. The lowest BCUT2D eigenvalue weighted by atomic mass is 10.2. The Bertz CT molecular complexity index is 452. The first-order chi connectivity index (χ1) is 10.3. The predicted octanol–water partition coefficient (Wildman–Crippen LogP) is 0.0854. The molecule has 116 valence electrons. The van der Waals surface area contributed by atoms with E-state index in [1.54, 1.807) is 11.3 Å². The second-order valence-corrected chi connectivity index (χ2v) is 6.46. The molecule has 21 heavy (non-hydrogen) atoms. The molecule has 3 heterocycles. The maximum atomic E-state index is 12.5. The molecule has 2 fully saturated rings. The Morgan fingerprint density at radius 2 is 1.95 bits per heavy atom. The number of rotatable bonds is 3. The van der Waals surface area contributed by atoms with E-state index >= 15 is 0 Å². The number of piperazine rings is 2. The maximum Gasteiger partial charge on any atom is 0.239 e. The molecule has 1 unspecified atom stereocenters. The lowest BCUT2D eigenvalue weighted by Crippen LogP contribution is -2.57. The molecule has 7 heteroatoms. The summed E-state index contributed by atoms with van der Waals surface area (Å²) in [7, 11) is 0. The summed E-state index contributed by atoms with van der Waals surface area (Å²) in [5.41, 5.74) is 0. The number of carbonyl (C=O) groups excluding carboxylic acids is 1. The number of thiazole rings is 1. The minimum absolute atomic E-state index is 0.0125. The fourth-order valence-corrected chi connectivity index (χ4v) is 3.68. The zero-order valence-corrected chi connectivity index (χ0v) is 13.3. The molecule has 1 aromatic heterocycles. The van der Waals surface area contributed by atoms with Crippen molar-refractivity contribution in [3.8, 4) is 0 Å². The average molecular weight is 309 g/mol. The van der Waals surface area contributed by atoms with Crippen LogP contribution in [0, 0.1) is 0 Å². The number of aromatic nitrogens is 1. The number of carbonyl (C=O) groups is 1. The van der Waals surface area contributed by atoms with Gasteiger partial charge in [-0.05, 0) is 6.92 Å². The molecule has 0 bridgehead atoms. The Kier molecular flexibility index (Phi) is 4.72. The lowest BCUT2D eigenvalue weighted by Gasteiger charge is -2.39. The monoisotopic (exact) mass is 309 g/mol. The Labute approximate surface area is 129 Å². The summed E-state index contributed by atoms with van der Waals surface area (Å²) in [6.45, 7) is 9.30. The van der Waals surface area contributed by atoms with Crippen molar-refractivity contribution in [1.29, 1.82) is 0 Å². The standard InChI is InChI=1S/C14H23N5OS/c1-12(13(20)18-5-2-15-3-6-18)17-7-9-19(10-8-17)14-16-4-11-21-14/h4,11-12,15H,2-3,5-10H2,1H3. The molecule has 3 rings (SSSR count). The minimum atomic E-state index is -0.0125. The van der Waals surface area contributed by atoms with Crippen LogP contribution in [0.25, 0.3) is 0 Å². The van der Waals surface area contributed by atoms with Crippen molar-refractivity contribution < 1.29 is 4.79 Å². The van der Waals surface area contributed by atoms with Crippen LogP contribution in [0.2, 0.25) is 0 Å². The molecule has 1 N–H and O–H groups in total. The summed E-state index contributed by atoms with van der Waals surface area (Å²) >= 11 is 1.68. The molecule has 0 spiro atoms. The van der Waals surface area contributed by atoms with E-state index in [0.29, 0.717) is 0 Å². The molecule has 2 aliphatic rings. The van der Waals surface area contributed by atoms with Gasteiger partial charge in [-0.2, -0.15) is 0 Å². The summed E-state index contributed by atoms with van der Waals surface area (Å²) in [4.78, 5) is 23.5. The Hall–Kier alpha value is -1.18. The highest BCUT2D eigenvalue weighted by atomic mass is 32.1. The van der Waals surface area contributed by atoms with Crippen molar-refractivity contribution in [3.63, 3.8) is 0 Å². The Morgan fingerprint density at radius 1 is 1.24 bits per heavy atom. The van der Waals surface area contributed by atoms with Crippen LogP contribution in [0.15, 0.2) is 11.6 Å². The third kappa shape index (κ3) is 3.36. The normalized spacial score (nSPS) is 22.3. The van der Waals surface area contributed by atoms with Crippen LogP contribution in [0.4, 0.5) is 5.13 Å². The van der Waals surface area contributed by atoms with Crippen LogP contribution in [-0.4, -0.2) is 79.1 Å². The van der Waals surface area contributed by atoms with Crippen LogP contribution in [0.3, 0.4) is 0 Å². The van der Waals surface area contributed by atoms with Crippen molar-refractivity contribution in [2.24, 2.45) is 0 Å². The second kappa shape index (κ2) is 6.72. The maximum absolute atomic E-state index is 12.5. The second-order valence-electron chi connectivity index (χ2n) is 5.59. The number of anilines is 1. The van der Waals surface area contributed by atoms with Crippen LogP contribution in [-0.2, 0) is 4.79 Å². The van der Waals surface area contributed by atoms with Gasteiger partial charge >= 0.3 is 0 Å². The number of nitrogens with zero attached hydrogens (tertiary/aromatic N) is 4. The number of amides is 1. The summed E-state index contributed by atoms with van der Waals surface area (Å²) in [5, 5.41) is 6.39. The van der Waals surface area contributed by atoms with Gasteiger partial charge in [0.15, 0.2) is 5.13 Å². The SMILES string of the molecule is CC(C(=O)N1CCNCC1)N1CCN(c2nccs2)CC1.